The number of nitrogens with zero attached hydrogens (tertiary/aromatic N) is 2. The zero-order valence-corrected chi connectivity index (χ0v) is 25.7. The second-order valence-electron chi connectivity index (χ2n) is 10.4. The Hall–Kier alpha value is -4.29. The largest absolute Gasteiger partial charge is 0.465 e. The van der Waals surface area contributed by atoms with E-state index < -0.39 is 18.3 Å². The number of nitrogens with one attached hydrogen (secondary N) is 2. The third-order valence-electron chi connectivity index (χ3n) is 7.15. The van der Waals surface area contributed by atoms with Gasteiger partial charge in [-0.1, -0.05) is 78.5 Å². The summed E-state index contributed by atoms with van der Waals surface area (Å²) in [6.45, 7) is 2.09. The van der Waals surface area contributed by atoms with E-state index in [2.05, 4.69) is 20.6 Å². The van der Waals surface area contributed by atoms with Crippen LogP contribution in [0.1, 0.15) is 48.0 Å². The minimum atomic E-state index is -0.568. The zero-order chi connectivity index (χ0) is 31.4. The van der Waals surface area contributed by atoms with Crippen molar-refractivity contribution in [3.63, 3.8) is 0 Å². The fourth-order valence-corrected chi connectivity index (χ4v) is 5.67. The number of rotatable bonds is 12. The Kier molecular flexibility index (Phi) is 11.5. The second kappa shape index (κ2) is 16.1. The number of thioether (sulfide) groups is 1. The van der Waals surface area contributed by atoms with Gasteiger partial charge in [-0.05, 0) is 46.9 Å². The fourth-order valence-electron chi connectivity index (χ4n) is 4.85. The number of hydrogen-bond donors (Lipinski definition) is 3. The number of amides is 2. The van der Waals surface area contributed by atoms with Crippen LogP contribution in [0.2, 0.25) is 0 Å². The van der Waals surface area contributed by atoms with Gasteiger partial charge in [0, 0.05) is 36.7 Å². The third-order valence-corrected chi connectivity index (χ3v) is 8.16. The van der Waals surface area contributed by atoms with Gasteiger partial charge >= 0.3 is 12.0 Å². The van der Waals surface area contributed by atoms with Crippen LogP contribution in [0.15, 0.2) is 96.4 Å². The quantitative estimate of drug-likeness (QED) is 0.108. The number of carbonyl (C=O) groups excluding carboxylic acids is 2. The molecular weight excluding hydrogens is 592 g/mol. The summed E-state index contributed by atoms with van der Waals surface area (Å²) in [6.07, 6.45) is 3.28. The van der Waals surface area contributed by atoms with Gasteiger partial charge in [0.25, 0.3) is 0 Å². The van der Waals surface area contributed by atoms with Gasteiger partial charge in [0.2, 0.25) is 0 Å². The number of esters is 1. The highest BCUT2D eigenvalue weighted by Crippen LogP contribution is 2.39. The van der Waals surface area contributed by atoms with Crippen molar-refractivity contribution in [2.45, 2.75) is 50.2 Å². The molecule has 1 aliphatic heterocycles. The van der Waals surface area contributed by atoms with Crippen LogP contribution < -0.4 is 10.6 Å². The predicted octanol–water partition coefficient (Wildman–Crippen LogP) is 5.34. The van der Waals surface area contributed by atoms with Gasteiger partial charge in [-0.15, -0.1) is 0 Å². The van der Waals surface area contributed by atoms with Gasteiger partial charge < -0.3 is 30.0 Å². The number of ether oxygens (including phenoxy) is 3. The van der Waals surface area contributed by atoms with E-state index in [0.29, 0.717) is 23.9 Å². The van der Waals surface area contributed by atoms with E-state index in [1.807, 2.05) is 72.8 Å². The lowest BCUT2D eigenvalue weighted by atomic mass is 9.99. The number of aliphatic hydroxyl groups excluding tert-OH is 1. The van der Waals surface area contributed by atoms with Crippen LogP contribution in [-0.2, 0) is 32.2 Å². The Labute approximate surface area is 266 Å². The molecule has 2 amide bonds. The molecule has 1 aliphatic rings. The lowest BCUT2D eigenvalue weighted by Gasteiger charge is -2.36. The van der Waals surface area contributed by atoms with Gasteiger partial charge in [0.15, 0.2) is 11.4 Å². The molecule has 11 heteroatoms. The van der Waals surface area contributed by atoms with Crippen LogP contribution in [0, 0.1) is 0 Å². The molecule has 0 bridgehead atoms. The number of urea groups is 1. The molecule has 45 heavy (non-hydrogen) atoms. The summed E-state index contributed by atoms with van der Waals surface area (Å²) < 4.78 is 17.7. The first kappa shape index (κ1) is 32.1. The summed E-state index contributed by atoms with van der Waals surface area (Å²) in [5, 5.41) is 15.4. The van der Waals surface area contributed by atoms with Crippen LogP contribution in [0.3, 0.4) is 0 Å². The predicted molar refractivity (Wildman–Crippen MR) is 170 cm³/mol. The molecule has 0 aliphatic carbocycles. The Balaban J connectivity index is 1.25. The molecule has 0 saturated carbocycles. The summed E-state index contributed by atoms with van der Waals surface area (Å²) >= 11 is 1.55. The van der Waals surface area contributed by atoms with Crippen LogP contribution in [-0.4, -0.2) is 52.1 Å². The number of aromatic nitrogens is 2. The van der Waals surface area contributed by atoms with Crippen molar-refractivity contribution in [2.24, 2.45) is 0 Å². The van der Waals surface area contributed by atoms with Crippen molar-refractivity contribution in [3.8, 4) is 11.1 Å². The maximum absolute atomic E-state index is 12.1. The molecule has 2 heterocycles. The smallest absolute Gasteiger partial charge is 0.325 e. The first-order chi connectivity index (χ1) is 22.0. The normalized spacial score (nSPS) is 17.8. The SMILES string of the molecule is CCOC(=O)CNC(=O)NCc1cccc(-c2ccc([C@@H]3O[C@H](CSc4ncccn4)C[C@H](c4ccc(CO)cc4)O3)cc2)c1. The van der Waals surface area contributed by atoms with E-state index in [9.17, 15) is 14.7 Å². The van der Waals surface area contributed by atoms with Gasteiger partial charge in [-0.2, -0.15) is 0 Å². The fraction of sp³-hybridized carbons (Fsp3) is 0.294. The van der Waals surface area contributed by atoms with E-state index in [4.69, 9.17) is 14.2 Å². The Morgan fingerprint density at radius 1 is 0.911 bits per heavy atom. The van der Waals surface area contributed by atoms with Crippen molar-refractivity contribution < 1.29 is 28.9 Å². The lowest BCUT2D eigenvalue weighted by molar-refractivity contribution is -0.245. The maximum atomic E-state index is 12.1. The highest BCUT2D eigenvalue weighted by atomic mass is 32.2. The molecule has 3 N–H and O–H groups in total. The molecule has 234 valence electrons. The van der Waals surface area contributed by atoms with E-state index in [1.54, 1.807) is 37.1 Å². The van der Waals surface area contributed by atoms with Crippen LogP contribution in [0.25, 0.3) is 11.1 Å². The minimum Gasteiger partial charge on any atom is -0.465 e. The number of hydrogen-bond acceptors (Lipinski definition) is 9. The molecule has 10 nitrogen and oxygen atoms in total. The van der Waals surface area contributed by atoms with E-state index in [1.165, 1.54) is 0 Å². The van der Waals surface area contributed by atoms with Crippen molar-refractivity contribution in [2.75, 3.05) is 18.9 Å². The Morgan fingerprint density at radius 2 is 1.67 bits per heavy atom. The Morgan fingerprint density at radius 3 is 2.40 bits per heavy atom. The van der Waals surface area contributed by atoms with E-state index >= 15 is 0 Å². The summed E-state index contributed by atoms with van der Waals surface area (Å²) in [6, 6.07) is 25.2. The first-order valence-electron chi connectivity index (χ1n) is 14.8. The van der Waals surface area contributed by atoms with Gasteiger partial charge in [0.1, 0.15) is 6.54 Å². The third kappa shape index (κ3) is 9.35. The van der Waals surface area contributed by atoms with Crippen LogP contribution in [0.5, 0.6) is 0 Å². The van der Waals surface area contributed by atoms with Crippen LogP contribution >= 0.6 is 11.8 Å². The van der Waals surface area contributed by atoms with Gasteiger partial charge in [-0.3, -0.25) is 4.79 Å². The second-order valence-corrected chi connectivity index (χ2v) is 11.3. The molecule has 3 aromatic carbocycles. The minimum absolute atomic E-state index is 0.00783. The van der Waals surface area contributed by atoms with Crippen molar-refractivity contribution in [3.05, 3.63) is 114 Å². The molecule has 5 rings (SSSR count). The zero-order valence-electron chi connectivity index (χ0n) is 24.9. The lowest BCUT2D eigenvalue weighted by Crippen LogP contribution is -2.38. The first-order valence-corrected chi connectivity index (χ1v) is 15.8. The summed E-state index contributed by atoms with van der Waals surface area (Å²) in [5.74, 6) is 0.194. The van der Waals surface area contributed by atoms with Gasteiger partial charge in [-0.25, -0.2) is 14.8 Å². The van der Waals surface area contributed by atoms with Crippen LogP contribution in [0.4, 0.5) is 4.79 Å². The average Bonchev–Trinajstić information content (AvgIpc) is 3.09. The Bertz CT molecular complexity index is 1540. The van der Waals surface area contributed by atoms with Crippen molar-refractivity contribution in [1.82, 2.24) is 20.6 Å². The highest BCUT2D eigenvalue weighted by Gasteiger charge is 2.32. The molecule has 1 aromatic heterocycles. The summed E-state index contributed by atoms with van der Waals surface area (Å²) in [4.78, 5) is 32.2. The summed E-state index contributed by atoms with van der Waals surface area (Å²) in [7, 11) is 0. The maximum Gasteiger partial charge on any atom is 0.325 e. The molecule has 1 saturated heterocycles. The molecule has 1 fully saturated rings. The average molecular weight is 629 g/mol. The molecule has 0 radical (unpaired) electrons. The number of carbonyl (C=O) groups is 2. The van der Waals surface area contributed by atoms with E-state index in [0.717, 1.165) is 33.4 Å². The highest BCUT2D eigenvalue weighted by molar-refractivity contribution is 7.99. The van der Waals surface area contributed by atoms with E-state index in [-0.39, 0.29) is 32.0 Å². The summed E-state index contributed by atoms with van der Waals surface area (Å²) in [5.41, 5.74) is 5.70. The molecule has 0 spiro atoms. The molecule has 0 unspecified atom stereocenters. The van der Waals surface area contributed by atoms with Gasteiger partial charge in [0.05, 0.1) is 25.4 Å². The molecule has 3 atom stereocenters. The molecule has 4 aromatic rings. The number of aliphatic hydroxyl groups is 1. The standard InChI is InChI=1S/C34H36N4O6S/c1-2-42-31(40)20-38-33(41)37-19-24-5-3-6-28(17-24)25-11-13-27(14-12-25)32-43-29(22-45-34-35-15-4-16-36-34)18-30(44-32)26-9-7-23(21-39)8-10-26/h3-17,29-30,32,39H,2,18-22H2,1H3,(H2,37,38,41)/t29-,30+,32+/m0/s1. The van der Waals surface area contributed by atoms with Crippen molar-refractivity contribution >= 4 is 23.8 Å². The van der Waals surface area contributed by atoms with Crippen molar-refractivity contribution in [1.29, 1.82) is 0 Å². The monoisotopic (exact) mass is 628 g/mol. The topological polar surface area (TPSA) is 132 Å². The number of benzene rings is 3. The molecular formula is C34H36N4O6S.